The zero-order chi connectivity index (χ0) is 36.0. The van der Waals surface area contributed by atoms with Crippen LogP contribution in [0.2, 0.25) is 0 Å². The number of pyridine rings is 1. The SMILES string of the molecule is CCCS(=O)(=O)Nc1ccc(F)c(C(=O)c2c[nH]c3ncc(-c4ccc(Bc5ccc6c(c5)CN(C5CCC(=O)NC5=O)C6=O)cc4)cc23)c1F. The number of sulfonamides is 1. The number of aromatic amines is 1. The van der Waals surface area contributed by atoms with E-state index in [1.54, 1.807) is 25.3 Å². The van der Waals surface area contributed by atoms with Gasteiger partial charge in [0, 0.05) is 47.4 Å². The fraction of sp³-hybridized carbons (Fsp3) is 0.194. The second kappa shape index (κ2) is 13.2. The Balaban J connectivity index is 1.09. The van der Waals surface area contributed by atoms with E-state index in [0.717, 1.165) is 34.2 Å². The summed E-state index contributed by atoms with van der Waals surface area (Å²) in [5.41, 5.74) is 3.62. The standard InChI is InChI=1S/C36H30BF2N5O6S/c1-2-13-51(49,50)43-28-10-9-27(38)31(32(28)39)33(46)26-17-41-34-25(26)15-20(16-40-34)19-3-5-22(6-4-19)37-23-7-8-24-21(14-23)18-44(36(24)48)29-11-12-30(45)42-35(29)47/h3-10,14-17,29,37,43H,2,11-13,18H2,1H3,(H,40,41)(H,42,45,47). The highest BCUT2D eigenvalue weighted by atomic mass is 32.2. The summed E-state index contributed by atoms with van der Waals surface area (Å²) in [6.45, 7) is 1.93. The lowest BCUT2D eigenvalue weighted by atomic mass is 9.63. The quantitative estimate of drug-likeness (QED) is 0.114. The number of carbonyl (C=O) groups excluding carboxylic acids is 4. The van der Waals surface area contributed by atoms with Crippen molar-refractivity contribution in [2.24, 2.45) is 0 Å². The number of imide groups is 1. The smallest absolute Gasteiger partial charge is 0.255 e. The van der Waals surface area contributed by atoms with Crippen LogP contribution in [0.15, 0.2) is 73.1 Å². The number of anilines is 1. The molecule has 0 saturated carbocycles. The van der Waals surface area contributed by atoms with Crippen LogP contribution in [0.1, 0.15) is 58.0 Å². The molecule has 258 valence electrons. The van der Waals surface area contributed by atoms with E-state index in [1.807, 2.05) is 36.4 Å². The maximum absolute atomic E-state index is 15.4. The van der Waals surface area contributed by atoms with Gasteiger partial charge in [-0.15, -0.1) is 0 Å². The summed E-state index contributed by atoms with van der Waals surface area (Å²) in [6, 6.07) is 16.0. The molecule has 0 aliphatic carbocycles. The van der Waals surface area contributed by atoms with Crippen LogP contribution < -0.4 is 21.0 Å². The number of nitrogens with one attached hydrogen (secondary N) is 3. The van der Waals surface area contributed by atoms with E-state index in [2.05, 4.69) is 20.0 Å². The third-order valence-corrected chi connectivity index (χ3v) is 10.6. The van der Waals surface area contributed by atoms with Gasteiger partial charge in [0.05, 0.1) is 17.0 Å². The van der Waals surface area contributed by atoms with Crippen molar-refractivity contribution < 1.29 is 36.4 Å². The van der Waals surface area contributed by atoms with Gasteiger partial charge in [0.15, 0.2) is 13.1 Å². The number of hydrogen-bond donors (Lipinski definition) is 3. The number of amides is 3. The minimum absolute atomic E-state index is 0.0337. The van der Waals surface area contributed by atoms with Crippen molar-refractivity contribution in [1.29, 1.82) is 0 Å². The minimum Gasteiger partial charge on any atom is -0.345 e. The monoisotopic (exact) mass is 709 g/mol. The molecule has 2 aliphatic heterocycles. The van der Waals surface area contributed by atoms with E-state index < -0.39 is 50.6 Å². The largest absolute Gasteiger partial charge is 0.345 e. The van der Waals surface area contributed by atoms with E-state index in [9.17, 15) is 32.0 Å². The Morgan fingerprint density at radius 3 is 2.53 bits per heavy atom. The molecule has 0 radical (unpaired) electrons. The lowest BCUT2D eigenvalue weighted by Crippen LogP contribution is -2.52. The molecule has 3 N–H and O–H groups in total. The number of rotatable bonds is 10. The van der Waals surface area contributed by atoms with Gasteiger partial charge in [0.2, 0.25) is 27.6 Å². The second-order valence-electron chi connectivity index (χ2n) is 12.6. The number of H-pyrrole nitrogens is 1. The van der Waals surface area contributed by atoms with Crippen molar-refractivity contribution in [2.45, 2.75) is 38.8 Å². The molecule has 2 aromatic heterocycles. The van der Waals surface area contributed by atoms with E-state index in [0.29, 0.717) is 35.9 Å². The average Bonchev–Trinajstić information content (AvgIpc) is 3.66. The molecule has 7 rings (SSSR count). The van der Waals surface area contributed by atoms with Crippen molar-refractivity contribution in [1.82, 2.24) is 20.2 Å². The molecule has 1 fully saturated rings. The van der Waals surface area contributed by atoms with E-state index in [4.69, 9.17) is 0 Å². The first-order valence-electron chi connectivity index (χ1n) is 16.3. The number of benzene rings is 3. The second-order valence-corrected chi connectivity index (χ2v) is 14.5. The number of hydrogen-bond acceptors (Lipinski definition) is 7. The number of ketones is 1. The molecular weight excluding hydrogens is 679 g/mol. The predicted octanol–water partition coefficient (Wildman–Crippen LogP) is 3.04. The fourth-order valence-electron chi connectivity index (χ4n) is 6.60. The number of piperidine rings is 1. The maximum Gasteiger partial charge on any atom is 0.255 e. The molecule has 51 heavy (non-hydrogen) atoms. The first-order valence-corrected chi connectivity index (χ1v) is 17.9. The van der Waals surface area contributed by atoms with Crippen LogP contribution in [0.3, 0.4) is 0 Å². The number of carbonyl (C=O) groups is 4. The molecule has 15 heteroatoms. The van der Waals surface area contributed by atoms with E-state index in [1.165, 1.54) is 11.1 Å². The molecule has 5 aromatic rings. The Hall–Kier alpha value is -5.70. The summed E-state index contributed by atoms with van der Waals surface area (Å²) in [7, 11) is -3.33. The van der Waals surface area contributed by atoms with Crippen LogP contribution in [0.25, 0.3) is 22.2 Å². The van der Waals surface area contributed by atoms with Gasteiger partial charge in [0.25, 0.3) is 5.91 Å². The van der Waals surface area contributed by atoms with Crippen LogP contribution in [-0.2, 0) is 26.2 Å². The number of halogens is 2. The van der Waals surface area contributed by atoms with Gasteiger partial charge in [-0.1, -0.05) is 54.2 Å². The van der Waals surface area contributed by atoms with E-state index in [-0.39, 0.29) is 42.5 Å². The van der Waals surface area contributed by atoms with Crippen molar-refractivity contribution in [2.75, 3.05) is 10.5 Å². The third kappa shape index (κ3) is 6.52. The summed E-state index contributed by atoms with van der Waals surface area (Å²) < 4.78 is 56.9. The van der Waals surface area contributed by atoms with Crippen LogP contribution >= 0.6 is 0 Å². The molecular formula is C36H30BF2N5O6S. The highest BCUT2D eigenvalue weighted by molar-refractivity contribution is 7.92. The summed E-state index contributed by atoms with van der Waals surface area (Å²) in [6.07, 6.45) is 3.69. The lowest BCUT2D eigenvalue weighted by molar-refractivity contribution is -0.136. The van der Waals surface area contributed by atoms with Gasteiger partial charge in [-0.3, -0.25) is 29.2 Å². The topological polar surface area (TPSA) is 158 Å². The summed E-state index contributed by atoms with van der Waals surface area (Å²) in [5.74, 6) is -4.71. The Kier molecular flexibility index (Phi) is 8.75. The highest BCUT2D eigenvalue weighted by Gasteiger charge is 2.39. The average molecular weight is 710 g/mol. The van der Waals surface area contributed by atoms with Gasteiger partial charge < -0.3 is 9.88 Å². The predicted molar refractivity (Wildman–Crippen MR) is 188 cm³/mol. The maximum atomic E-state index is 15.4. The first kappa shape index (κ1) is 33.8. The zero-order valence-corrected chi connectivity index (χ0v) is 28.1. The fourth-order valence-corrected chi connectivity index (χ4v) is 7.73. The number of fused-ring (bicyclic) bond motifs is 2. The Morgan fingerprint density at radius 1 is 1.02 bits per heavy atom. The lowest BCUT2D eigenvalue weighted by Gasteiger charge is -2.29. The van der Waals surface area contributed by atoms with E-state index >= 15 is 4.39 Å². The molecule has 2 aliphatic rings. The van der Waals surface area contributed by atoms with Crippen molar-refractivity contribution in [3.8, 4) is 11.1 Å². The Labute approximate surface area is 291 Å². The van der Waals surface area contributed by atoms with Crippen LogP contribution in [0.4, 0.5) is 14.5 Å². The number of nitrogens with zero attached hydrogens (tertiary/aromatic N) is 2. The number of aromatic nitrogens is 2. The van der Waals surface area contributed by atoms with Crippen molar-refractivity contribution in [3.05, 3.63) is 107 Å². The first-order chi connectivity index (χ1) is 24.4. The summed E-state index contributed by atoms with van der Waals surface area (Å²) in [4.78, 5) is 59.3. The molecule has 0 bridgehead atoms. The van der Waals surface area contributed by atoms with Crippen LogP contribution in [-0.4, -0.2) is 65.9 Å². The van der Waals surface area contributed by atoms with Gasteiger partial charge in [0.1, 0.15) is 17.5 Å². The molecule has 1 unspecified atom stereocenters. The van der Waals surface area contributed by atoms with Gasteiger partial charge in [-0.2, -0.15) is 0 Å². The molecule has 1 atom stereocenters. The highest BCUT2D eigenvalue weighted by Crippen LogP contribution is 2.30. The van der Waals surface area contributed by atoms with Crippen LogP contribution in [0, 0.1) is 11.6 Å². The van der Waals surface area contributed by atoms with Crippen molar-refractivity contribution >= 4 is 68.5 Å². The molecule has 3 aromatic carbocycles. The molecule has 11 nitrogen and oxygen atoms in total. The zero-order valence-electron chi connectivity index (χ0n) is 27.3. The minimum atomic E-state index is -3.90. The Bertz CT molecular complexity index is 2380. The van der Waals surface area contributed by atoms with Gasteiger partial charge in [-0.25, -0.2) is 22.2 Å². The van der Waals surface area contributed by atoms with Crippen molar-refractivity contribution in [3.63, 3.8) is 0 Å². The third-order valence-electron chi connectivity index (χ3n) is 9.12. The molecule has 1 saturated heterocycles. The van der Waals surface area contributed by atoms with Gasteiger partial charge in [-0.05, 0) is 48.2 Å². The molecule has 0 spiro atoms. The molecule has 4 heterocycles. The summed E-state index contributed by atoms with van der Waals surface area (Å²) >= 11 is 0. The van der Waals surface area contributed by atoms with Crippen LogP contribution in [0.5, 0.6) is 0 Å². The normalized spacial score (nSPS) is 15.9. The Morgan fingerprint density at radius 2 is 1.78 bits per heavy atom. The van der Waals surface area contributed by atoms with Gasteiger partial charge >= 0.3 is 0 Å². The molecule has 3 amide bonds. The summed E-state index contributed by atoms with van der Waals surface area (Å²) in [5, 5.41) is 2.64.